The Morgan fingerprint density at radius 1 is 0.792 bits per heavy atom. The number of anilines is 2. The van der Waals surface area contributed by atoms with Crippen molar-refractivity contribution in [2.45, 2.75) is 39.0 Å². The van der Waals surface area contributed by atoms with Crippen molar-refractivity contribution in [1.82, 2.24) is 4.58 Å². The van der Waals surface area contributed by atoms with Gasteiger partial charge in [0.2, 0.25) is 11.0 Å². The molecule has 244 valence electrons. The van der Waals surface area contributed by atoms with Crippen LogP contribution in [0.5, 0.6) is 0 Å². The number of aryl methyl sites for hydroxylation is 4. The van der Waals surface area contributed by atoms with Gasteiger partial charge in [0.25, 0.3) is 10.1 Å². The number of fused-ring (bicyclic) bond motifs is 2. The largest absolute Gasteiger partial charge is 0.481 e. The summed E-state index contributed by atoms with van der Waals surface area (Å²) in [6, 6.07) is 29.9. The molecule has 0 amide bonds. The third kappa shape index (κ3) is 6.10. The summed E-state index contributed by atoms with van der Waals surface area (Å²) in [5, 5.41) is 11.1. The van der Waals surface area contributed by atoms with Gasteiger partial charge in [0.1, 0.15) is 23.3 Å². The van der Waals surface area contributed by atoms with E-state index in [1.807, 2.05) is 86.5 Å². The lowest BCUT2D eigenvalue weighted by Gasteiger charge is -2.28. The number of hydrogen-bond donors (Lipinski definition) is 2. The van der Waals surface area contributed by atoms with Gasteiger partial charge in [-0.3, -0.25) is 9.35 Å². The smallest absolute Gasteiger partial charge is 0.305 e. The molecule has 4 aromatic rings. The topological polar surface area (TPSA) is 111 Å². The highest BCUT2D eigenvalue weighted by atomic mass is 32.2. The molecule has 0 unspecified atom stereocenters. The Balaban J connectivity index is 1.69. The van der Waals surface area contributed by atoms with Gasteiger partial charge in [-0.25, -0.2) is 0 Å². The summed E-state index contributed by atoms with van der Waals surface area (Å²) < 4.78 is 44.3. The molecule has 9 heteroatoms. The first-order valence-corrected chi connectivity index (χ1v) is 17.0. The summed E-state index contributed by atoms with van der Waals surface area (Å²) in [5.74, 6) is -0.396. The molecule has 1 aliphatic carbocycles. The Morgan fingerprint density at radius 2 is 1.44 bits per heavy atom. The summed E-state index contributed by atoms with van der Waals surface area (Å²) in [6.07, 6.45) is -0.0817. The minimum absolute atomic E-state index is 0.0817. The van der Waals surface area contributed by atoms with Gasteiger partial charge in [-0.2, -0.15) is 13.0 Å². The molecule has 2 N–H and O–H groups in total. The van der Waals surface area contributed by atoms with Crippen molar-refractivity contribution in [3.05, 3.63) is 125 Å². The Hall–Kier alpha value is -5.25. The standard InChI is InChI=1S/C39H36N2O6S/c1-24-10-8-11-25(2)38(24)40(5)28-16-18-30-33(22-28)47-34-23-29(41(21-20-36(42)43)39-26(3)12-9-13-27(39)4)17-19-31(34)37(30)32-14-6-7-15-35(32)48(44,45)46/h6-19,22-23H,20-21H2,1-5H3,(H-,42,43,44,45,46)/p+1. The molecule has 1 heterocycles. The monoisotopic (exact) mass is 661 g/mol. The number of hydrogen-bond acceptors (Lipinski definition) is 5. The molecular formula is C39H37N2O6S+. The third-order valence-electron chi connectivity index (χ3n) is 8.86. The van der Waals surface area contributed by atoms with Crippen molar-refractivity contribution in [2.75, 3.05) is 18.5 Å². The molecule has 8 nitrogen and oxygen atoms in total. The first-order valence-electron chi connectivity index (χ1n) is 15.6. The maximum absolute atomic E-state index is 12.6. The van der Waals surface area contributed by atoms with E-state index < -0.39 is 16.1 Å². The minimum atomic E-state index is -4.57. The number of carboxylic acid groups (broad SMARTS) is 1. The molecule has 2 aliphatic rings. The van der Waals surface area contributed by atoms with Crippen LogP contribution in [0.1, 0.15) is 28.7 Å². The second kappa shape index (κ2) is 12.7. The van der Waals surface area contributed by atoms with E-state index >= 15 is 0 Å². The lowest BCUT2D eigenvalue weighted by molar-refractivity contribution is -0.136. The Bertz CT molecular complexity index is 2330. The molecule has 0 radical (unpaired) electrons. The normalized spacial score (nSPS) is 12.4. The second-order valence-corrected chi connectivity index (χ2v) is 13.5. The highest BCUT2D eigenvalue weighted by Crippen LogP contribution is 2.44. The Kier molecular flexibility index (Phi) is 8.68. The molecule has 0 aromatic heterocycles. The van der Waals surface area contributed by atoms with Gasteiger partial charge in [-0.05, 0) is 63.1 Å². The number of rotatable bonds is 8. The average molecular weight is 662 g/mol. The van der Waals surface area contributed by atoms with Crippen molar-refractivity contribution >= 4 is 44.1 Å². The lowest BCUT2D eigenvalue weighted by atomic mass is 9.93. The SMILES string of the molecule is Cc1cccc(C)c1N(CCC(=O)O)c1ccc2c(-c3ccccc3S(=O)(=O)O)c3ccc(=[N+](C)c4c(C)cccc4C)cc-3oc2c1. The molecule has 0 spiro atoms. The molecular weight excluding hydrogens is 625 g/mol. The molecule has 0 bridgehead atoms. The van der Waals surface area contributed by atoms with Gasteiger partial charge in [0.05, 0.1) is 12.5 Å². The van der Waals surface area contributed by atoms with Gasteiger partial charge < -0.3 is 14.4 Å². The number of benzene rings is 5. The molecule has 4 aromatic carbocycles. The van der Waals surface area contributed by atoms with Crippen molar-refractivity contribution < 1.29 is 27.3 Å². The molecule has 6 rings (SSSR count). The van der Waals surface area contributed by atoms with Crippen LogP contribution in [0.4, 0.5) is 17.1 Å². The number of carboxylic acids is 1. The van der Waals surface area contributed by atoms with Crippen LogP contribution in [0.15, 0.2) is 106 Å². The number of nitrogens with zero attached hydrogens (tertiary/aromatic N) is 2. The van der Waals surface area contributed by atoms with Crippen LogP contribution in [0, 0.1) is 27.7 Å². The van der Waals surface area contributed by atoms with Crippen LogP contribution in [0.25, 0.3) is 33.4 Å². The van der Waals surface area contributed by atoms with Crippen LogP contribution in [-0.2, 0) is 14.9 Å². The zero-order valence-electron chi connectivity index (χ0n) is 27.5. The maximum Gasteiger partial charge on any atom is 0.305 e. The van der Waals surface area contributed by atoms with E-state index in [0.717, 1.165) is 44.7 Å². The summed E-state index contributed by atoms with van der Waals surface area (Å²) in [4.78, 5) is 13.5. The Morgan fingerprint density at radius 3 is 2.08 bits per heavy atom. The zero-order chi connectivity index (χ0) is 34.3. The molecule has 1 aliphatic heterocycles. The van der Waals surface area contributed by atoms with E-state index in [2.05, 4.69) is 30.6 Å². The van der Waals surface area contributed by atoms with E-state index in [4.69, 9.17) is 4.42 Å². The molecule has 0 fully saturated rings. The van der Waals surface area contributed by atoms with Crippen molar-refractivity contribution in [3.8, 4) is 22.5 Å². The van der Waals surface area contributed by atoms with Crippen LogP contribution >= 0.6 is 0 Å². The fourth-order valence-corrected chi connectivity index (χ4v) is 7.40. The quantitative estimate of drug-likeness (QED) is 0.0965. The van der Waals surface area contributed by atoms with Crippen molar-refractivity contribution in [1.29, 1.82) is 0 Å². The predicted octanol–water partition coefficient (Wildman–Crippen LogP) is 8.03. The van der Waals surface area contributed by atoms with Crippen LogP contribution in [0.3, 0.4) is 0 Å². The lowest BCUT2D eigenvalue weighted by Crippen LogP contribution is -2.23. The van der Waals surface area contributed by atoms with E-state index in [1.54, 1.807) is 18.2 Å². The van der Waals surface area contributed by atoms with Crippen molar-refractivity contribution in [2.24, 2.45) is 0 Å². The van der Waals surface area contributed by atoms with Gasteiger partial charge in [-0.15, -0.1) is 0 Å². The predicted molar refractivity (Wildman–Crippen MR) is 190 cm³/mol. The van der Waals surface area contributed by atoms with Crippen LogP contribution in [-0.4, -0.2) is 37.6 Å². The Labute approximate surface area is 279 Å². The summed E-state index contributed by atoms with van der Waals surface area (Å²) in [6.45, 7) is 8.34. The van der Waals surface area contributed by atoms with Gasteiger partial charge in [0, 0.05) is 63.3 Å². The molecule has 0 saturated heterocycles. The maximum atomic E-state index is 12.6. The highest BCUT2D eigenvalue weighted by molar-refractivity contribution is 7.86. The third-order valence-corrected chi connectivity index (χ3v) is 9.77. The highest BCUT2D eigenvalue weighted by Gasteiger charge is 2.25. The van der Waals surface area contributed by atoms with Gasteiger partial charge in [0.15, 0.2) is 0 Å². The first-order chi connectivity index (χ1) is 22.8. The number of aliphatic carboxylic acids is 1. The summed E-state index contributed by atoms with van der Waals surface area (Å²) in [5.41, 5.74) is 9.01. The fraction of sp³-hybridized carbons (Fsp3) is 0.179. The van der Waals surface area contributed by atoms with E-state index in [-0.39, 0.29) is 17.9 Å². The fourth-order valence-electron chi connectivity index (χ4n) is 6.71. The zero-order valence-corrected chi connectivity index (χ0v) is 28.3. The molecule has 0 saturated carbocycles. The second-order valence-electron chi connectivity index (χ2n) is 12.1. The van der Waals surface area contributed by atoms with Crippen LogP contribution < -0.4 is 14.8 Å². The average Bonchev–Trinajstić information content (AvgIpc) is 3.03. The summed E-state index contributed by atoms with van der Waals surface area (Å²) in [7, 11) is -2.58. The number of para-hydroxylation sites is 2. The van der Waals surface area contributed by atoms with E-state index in [0.29, 0.717) is 33.4 Å². The minimum Gasteiger partial charge on any atom is -0.481 e. The van der Waals surface area contributed by atoms with Crippen molar-refractivity contribution in [3.63, 3.8) is 0 Å². The first kappa shape index (κ1) is 32.7. The van der Waals surface area contributed by atoms with Gasteiger partial charge >= 0.3 is 5.97 Å². The summed E-state index contributed by atoms with van der Waals surface area (Å²) >= 11 is 0. The molecule has 0 atom stereocenters. The molecule has 48 heavy (non-hydrogen) atoms. The van der Waals surface area contributed by atoms with E-state index in [1.165, 1.54) is 6.07 Å². The number of carbonyl (C=O) groups is 1. The van der Waals surface area contributed by atoms with Gasteiger partial charge in [-0.1, -0.05) is 54.6 Å². The van der Waals surface area contributed by atoms with E-state index in [9.17, 15) is 22.9 Å². The van der Waals surface area contributed by atoms with Crippen LogP contribution in [0.2, 0.25) is 0 Å².